The lowest BCUT2D eigenvalue weighted by Gasteiger charge is -2.14. The summed E-state index contributed by atoms with van der Waals surface area (Å²) in [5.41, 5.74) is 4.97. The van der Waals surface area contributed by atoms with E-state index >= 15 is 0 Å². The fourth-order valence-corrected chi connectivity index (χ4v) is 3.62. The molecule has 0 saturated carbocycles. The molecule has 5 nitrogen and oxygen atoms in total. The van der Waals surface area contributed by atoms with Crippen molar-refractivity contribution in [1.29, 1.82) is 0 Å². The lowest BCUT2D eigenvalue weighted by atomic mass is 9.98. The highest BCUT2D eigenvalue weighted by molar-refractivity contribution is 7.09. The van der Waals surface area contributed by atoms with E-state index in [9.17, 15) is 4.79 Å². The molecule has 2 atom stereocenters. The van der Waals surface area contributed by atoms with Crippen molar-refractivity contribution >= 4 is 23.1 Å². The molecule has 0 unspecified atom stereocenters. The van der Waals surface area contributed by atoms with Crippen LogP contribution in [0.5, 0.6) is 0 Å². The van der Waals surface area contributed by atoms with E-state index in [4.69, 9.17) is 4.74 Å². The number of nitrogens with zero attached hydrogens (tertiary/aromatic N) is 1. The van der Waals surface area contributed by atoms with E-state index in [0.29, 0.717) is 19.1 Å². The number of thiazole rings is 1. The fraction of sp³-hybridized carbons (Fsp3) is 0.412. The summed E-state index contributed by atoms with van der Waals surface area (Å²) >= 11 is 1.68. The van der Waals surface area contributed by atoms with Crippen molar-refractivity contribution < 1.29 is 9.53 Å². The van der Waals surface area contributed by atoms with Crippen molar-refractivity contribution in [2.24, 2.45) is 0 Å². The second kappa shape index (κ2) is 7.10. The zero-order valence-corrected chi connectivity index (χ0v) is 14.2. The first-order valence-corrected chi connectivity index (χ1v) is 8.66. The van der Waals surface area contributed by atoms with Gasteiger partial charge < -0.3 is 15.4 Å². The lowest BCUT2D eigenvalue weighted by molar-refractivity contribution is 0.189. The number of benzene rings is 1. The number of aromatic nitrogens is 1. The second-order valence-electron chi connectivity index (χ2n) is 5.80. The molecule has 1 saturated heterocycles. The first-order valence-electron chi connectivity index (χ1n) is 7.78. The van der Waals surface area contributed by atoms with Crippen LogP contribution in [0, 0.1) is 6.92 Å². The van der Waals surface area contributed by atoms with Gasteiger partial charge in [-0.1, -0.05) is 19.1 Å². The molecule has 122 valence electrons. The topological polar surface area (TPSA) is 63.2 Å². The van der Waals surface area contributed by atoms with Crippen LogP contribution in [0.3, 0.4) is 0 Å². The average molecular weight is 331 g/mol. The molecule has 3 rings (SSSR count). The Balaban J connectivity index is 1.60. The average Bonchev–Trinajstić information content (AvgIpc) is 3.19. The van der Waals surface area contributed by atoms with E-state index < -0.39 is 0 Å². The Morgan fingerprint density at radius 3 is 2.78 bits per heavy atom. The van der Waals surface area contributed by atoms with Gasteiger partial charge >= 0.3 is 6.03 Å². The van der Waals surface area contributed by atoms with Gasteiger partial charge in [0.15, 0.2) is 0 Å². The van der Waals surface area contributed by atoms with Gasteiger partial charge in [-0.15, -0.1) is 11.3 Å². The van der Waals surface area contributed by atoms with Crippen LogP contribution >= 0.6 is 11.3 Å². The minimum absolute atomic E-state index is 0.114. The van der Waals surface area contributed by atoms with Crippen LogP contribution < -0.4 is 10.6 Å². The molecular formula is C17H21N3O2S. The van der Waals surface area contributed by atoms with Crippen molar-refractivity contribution in [1.82, 2.24) is 10.3 Å². The van der Waals surface area contributed by atoms with Gasteiger partial charge in [-0.2, -0.15) is 0 Å². The van der Waals surface area contributed by atoms with Gasteiger partial charge in [0.2, 0.25) is 0 Å². The molecular weight excluding hydrogens is 310 g/mol. The molecule has 0 aliphatic carbocycles. The van der Waals surface area contributed by atoms with Crippen molar-refractivity contribution in [3.63, 3.8) is 0 Å². The van der Waals surface area contributed by atoms with Gasteiger partial charge in [0, 0.05) is 23.1 Å². The predicted molar refractivity (Wildman–Crippen MR) is 92.2 cm³/mol. The number of urea groups is 1. The summed E-state index contributed by atoms with van der Waals surface area (Å²) in [6, 6.07) is 7.92. The van der Waals surface area contributed by atoms with Crippen LogP contribution in [0.25, 0.3) is 0 Å². The molecule has 2 aromatic rings. The zero-order valence-electron chi connectivity index (χ0n) is 13.3. The van der Waals surface area contributed by atoms with Crippen molar-refractivity contribution in [3.05, 3.63) is 45.9 Å². The largest absolute Gasteiger partial charge is 0.379 e. The van der Waals surface area contributed by atoms with Crippen molar-refractivity contribution in [2.45, 2.75) is 32.2 Å². The van der Waals surface area contributed by atoms with E-state index in [1.807, 2.05) is 24.6 Å². The standard InChI is InChI=1S/C17H21N3O2S/c1-11(16-12(2)18-10-23-16)13-3-5-14(6-4-13)19-17(21)20-15-7-8-22-9-15/h3-6,10-11,15H,7-9H2,1-2H3,(H2,19,20,21)/t11-,15+/m1/s1. The molecule has 23 heavy (non-hydrogen) atoms. The summed E-state index contributed by atoms with van der Waals surface area (Å²) in [6.45, 7) is 5.53. The summed E-state index contributed by atoms with van der Waals surface area (Å²) in [4.78, 5) is 17.5. The molecule has 2 N–H and O–H groups in total. The number of hydrogen-bond acceptors (Lipinski definition) is 4. The molecule has 1 aromatic carbocycles. The Kier molecular flexibility index (Phi) is 4.93. The zero-order chi connectivity index (χ0) is 16.2. The van der Waals surface area contributed by atoms with Crippen LogP contribution in [0.4, 0.5) is 10.5 Å². The first kappa shape index (κ1) is 16.0. The van der Waals surface area contributed by atoms with Gasteiger partial charge in [0.05, 0.1) is 23.9 Å². The molecule has 1 aliphatic rings. The number of anilines is 1. The van der Waals surface area contributed by atoms with E-state index in [1.54, 1.807) is 11.3 Å². The van der Waals surface area contributed by atoms with Crippen LogP contribution in [-0.2, 0) is 4.74 Å². The minimum atomic E-state index is -0.181. The third-order valence-electron chi connectivity index (χ3n) is 4.11. The number of carbonyl (C=O) groups excluding carboxylic acids is 1. The Bertz CT molecular complexity index is 663. The molecule has 0 bridgehead atoms. The number of rotatable bonds is 4. The monoisotopic (exact) mass is 331 g/mol. The van der Waals surface area contributed by atoms with Crippen LogP contribution in [0.1, 0.15) is 35.4 Å². The Morgan fingerprint density at radius 2 is 2.17 bits per heavy atom. The van der Waals surface area contributed by atoms with E-state index in [-0.39, 0.29) is 12.1 Å². The maximum atomic E-state index is 11.9. The number of nitrogens with one attached hydrogen (secondary N) is 2. The highest BCUT2D eigenvalue weighted by Gasteiger charge is 2.18. The number of ether oxygens (including phenoxy) is 1. The molecule has 2 heterocycles. The van der Waals surface area contributed by atoms with Crippen LogP contribution in [0.2, 0.25) is 0 Å². The number of hydrogen-bond donors (Lipinski definition) is 2. The Morgan fingerprint density at radius 1 is 1.39 bits per heavy atom. The Labute approximate surface area is 140 Å². The van der Waals surface area contributed by atoms with Gasteiger partial charge in [-0.05, 0) is 31.0 Å². The van der Waals surface area contributed by atoms with Gasteiger partial charge in [0.1, 0.15) is 0 Å². The number of carbonyl (C=O) groups is 1. The maximum absolute atomic E-state index is 11.9. The lowest BCUT2D eigenvalue weighted by Crippen LogP contribution is -2.38. The van der Waals surface area contributed by atoms with Crippen LogP contribution in [0.15, 0.2) is 29.8 Å². The number of amides is 2. The third kappa shape index (κ3) is 3.89. The molecule has 2 amide bonds. The van der Waals surface area contributed by atoms with Crippen molar-refractivity contribution in [2.75, 3.05) is 18.5 Å². The highest BCUT2D eigenvalue weighted by Crippen LogP contribution is 2.30. The quantitative estimate of drug-likeness (QED) is 0.901. The molecule has 1 aromatic heterocycles. The van der Waals surface area contributed by atoms with Gasteiger partial charge in [-0.25, -0.2) is 9.78 Å². The predicted octanol–water partition coefficient (Wildman–Crippen LogP) is 3.51. The summed E-state index contributed by atoms with van der Waals surface area (Å²) in [5, 5.41) is 5.78. The summed E-state index contributed by atoms with van der Waals surface area (Å²) < 4.78 is 5.25. The minimum Gasteiger partial charge on any atom is -0.379 e. The first-order chi connectivity index (χ1) is 11.1. The second-order valence-corrected chi connectivity index (χ2v) is 6.69. The molecule has 0 spiro atoms. The van der Waals surface area contributed by atoms with Gasteiger partial charge in [0.25, 0.3) is 0 Å². The Hall–Kier alpha value is -1.92. The van der Waals surface area contributed by atoms with E-state index in [1.165, 1.54) is 10.4 Å². The fourth-order valence-electron chi connectivity index (χ4n) is 2.73. The summed E-state index contributed by atoms with van der Waals surface area (Å²) in [7, 11) is 0. The SMILES string of the molecule is Cc1ncsc1[C@H](C)c1ccc(NC(=O)N[C@H]2CCOC2)cc1. The van der Waals surface area contributed by atoms with Gasteiger partial charge in [-0.3, -0.25) is 0 Å². The molecule has 1 fully saturated rings. The summed E-state index contributed by atoms with van der Waals surface area (Å²) in [5.74, 6) is 0.306. The molecule has 1 aliphatic heterocycles. The molecule has 0 radical (unpaired) electrons. The highest BCUT2D eigenvalue weighted by atomic mass is 32.1. The molecule has 6 heteroatoms. The van der Waals surface area contributed by atoms with Crippen molar-refractivity contribution in [3.8, 4) is 0 Å². The van der Waals surface area contributed by atoms with E-state index in [0.717, 1.165) is 17.8 Å². The third-order valence-corrected chi connectivity index (χ3v) is 5.22. The smallest absolute Gasteiger partial charge is 0.319 e. The normalized spacial score (nSPS) is 18.6. The van der Waals surface area contributed by atoms with Crippen LogP contribution in [-0.4, -0.2) is 30.3 Å². The number of aryl methyl sites for hydroxylation is 1. The summed E-state index contributed by atoms with van der Waals surface area (Å²) in [6.07, 6.45) is 0.873. The maximum Gasteiger partial charge on any atom is 0.319 e. The van der Waals surface area contributed by atoms with E-state index in [2.05, 4.69) is 34.7 Å².